The number of aromatic hydroxyl groups is 1. The van der Waals surface area contributed by atoms with E-state index in [1.807, 2.05) is 0 Å². The van der Waals surface area contributed by atoms with Gasteiger partial charge in [0.2, 0.25) is 11.8 Å². The normalized spacial score (nSPS) is 23.2. The number of nitrogens with one attached hydrogen (secondary N) is 1. The molecule has 0 saturated carbocycles. The molecule has 1 aromatic carbocycles. The zero-order valence-corrected chi connectivity index (χ0v) is 18.2. The van der Waals surface area contributed by atoms with Crippen LogP contribution in [0.1, 0.15) is 16.6 Å². The van der Waals surface area contributed by atoms with Crippen LogP contribution < -0.4 is 5.32 Å². The van der Waals surface area contributed by atoms with Gasteiger partial charge in [-0.2, -0.15) is 9.97 Å². The summed E-state index contributed by atoms with van der Waals surface area (Å²) in [4.78, 5) is 42.5. The van der Waals surface area contributed by atoms with Crippen molar-refractivity contribution in [3.8, 4) is 5.88 Å². The monoisotopic (exact) mass is 499 g/mol. The van der Waals surface area contributed by atoms with Crippen molar-refractivity contribution in [2.24, 2.45) is 0 Å². The van der Waals surface area contributed by atoms with Crippen LogP contribution in [0.25, 0.3) is 11.2 Å². The molecule has 1 fully saturated rings. The topological polar surface area (TPSA) is 209 Å². The third-order valence-corrected chi connectivity index (χ3v) is 5.67. The molecule has 0 radical (unpaired) electrons. The maximum Gasteiger partial charge on any atom is 0.469 e. The van der Waals surface area contributed by atoms with Crippen molar-refractivity contribution >= 4 is 43.5 Å². The van der Waals surface area contributed by atoms with Gasteiger partial charge >= 0.3 is 7.82 Å². The lowest BCUT2D eigenvalue weighted by molar-refractivity contribution is -0.0503. The van der Waals surface area contributed by atoms with Crippen molar-refractivity contribution in [1.82, 2.24) is 19.5 Å². The van der Waals surface area contributed by atoms with E-state index in [0.717, 1.165) is 6.33 Å². The van der Waals surface area contributed by atoms with Crippen molar-refractivity contribution in [2.45, 2.75) is 29.4 Å². The summed E-state index contributed by atoms with van der Waals surface area (Å²) >= 11 is 4.22. The number of carbonyl (C=O) groups is 1. The van der Waals surface area contributed by atoms with Crippen molar-refractivity contribution in [2.75, 3.05) is 11.9 Å². The van der Waals surface area contributed by atoms with E-state index in [9.17, 15) is 24.7 Å². The number of carbonyl (C=O) groups excluding carboxylic acids is 1. The highest BCUT2D eigenvalue weighted by molar-refractivity contribution is 7.80. The van der Waals surface area contributed by atoms with Crippen molar-refractivity contribution < 1.29 is 43.7 Å². The summed E-state index contributed by atoms with van der Waals surface area (Å²) in [5.41, 5.74) is 0.107. The molecular formula is C17H18N5O9PS. The molecule has 4 rings (SSSR count). The van der Waals surface area contributed by atoms with Gasteiger partial charge in [0.05, 0.1) is 18.5 Å². The van der Waals surface area contributed by atoms with E-state index >= 15 is 0 Å². The van der Waals surface area contributed by atoms with Gasteiger partial charge in [0.1, 0.15) is 18.3 Å². The minimum absolute atomic E-state index is 0.0511. The van der Waals surface area contributed by atoms with E-state index in [-0.39, 0.29) is 22.7 Å². The third kappa shape index (κ3) is 4.85. The van der Waals surface area contributed by atoms with Crippen molar-refractivity contribution in [1.29, 1.82) is 0 Å². The molecule has 2 aromatic heterocycles. The van der Waals surface area contributed by atoms with Gasteiger partial charge in [-0.05, 0) is 12.1 Å². The van der Waals surface area contributed by atoms with Gasteiger partial charge in [-0.3, -0.25) is 19.2 Å². The lowest BCUT2D eigenvalue weighted by Crippen LogP contribution is -2.33. The summed E-state index contributed by atoms with van der Waals surface area (Å²) in [6.45, 7) is -0.698. The zero-order valence-electron chi connectivity index (χ0n) is 16.5. The number of amides is 1. The van der Waals surface area contributed by atoms with Crippen LogP contribution in [-0.2, 0) is 13.8 Å². The Bertz CT molecular complexity index is 1250. The molecule has 1 amide bonds. The van der Waals surface area contributed by atoms with Gasteiger partial charge in [0.25, 0.3) is 5.91 Å². The Kier molecular flexibility index (Phi) is 6.39. The maximum absolute atomic E-state index is 12.5. The summed E-state index contributed by atoms with van der Waals surface area (Å²) < 4.78 is 21.9. The average molecular weight is 499 g/mol. The molecule has 0 unspecified atom stereocenters. The van der Waals surface area contributed by atoms with Gasteiger partial charge in [-0.25, -0.2) is 9.55 Å². The number of hydrogen-bond donors (Lipinski definition) is 7. The van der Waals surface area contributed by atoms with Crippen LogP contribution in [-0.4, -0.2) is 75.5 Å². The van der Waals surface area contributed by atoms with Crippen LogP contribution >= 0.6 is 20.5 Å². The first kappa shape index (κ1) is 23.5. The highest BCUT2D eigenvalue weighted by Gasteiger charge is 2.45. The molecule has 6 N–H and O–H groups in total. The first-order valence-electron chi connectivity index (χ1n) is 9.29. The number of fused-ring (bicyclic) bond motifs is 1. The summed E-state index contributed by atoms with van der Waals surface area (Å²) in [6.07, 6.45) is -4.54. The number of aromatic nitrogens is 4. The summed E-state index contributed by atoms with van der Waals surface area (Å²) in [5.74, 6) is -1.44. The highest BCUT2D eigenvalue weighted by Crippen LogP contribution is 2.39. The molecule has 3 heterocycles. The fraction of sp³-hybridized carbons (Fsp3) is 0.294. The fourth-order valence-electron chi connectivity index (χ4n) is 3.25. The van der Waals surface area contributed by atoms with Crippen LogP contribution in [0, 0.1) is 0 Å². The van der Waals surface area contributed by atoms with E-state index in [2.05, 4.69) is 37.4 Å². The second-order valence-corrected chi connectivity index (χ2v) is 8.72. The summed E-state index contributed by atoms with van der Waals surface area (Å²) in [7, 11) is -4.83. The number of aliphatic hydroxyl groups is 2. The number of benzene rings is 1. The number of imidazole rings is 1. The zero-order chi connectivity index (χ0) is 23.9. The van der Waals surface area contributed by atoms with Crippen LogP contribution in [0.15, 0.2) is 35.5 Å². The first-order chi connectivity index (χ1) is 15.5. The molecular weight excluding hydrogens is 481 g/mol. The molecule has 1 aliphatic heterocycles. The molecule has 0 aliphatic carbocycles. The smallest absolute Gasteiger partial charge is 0.469 e. The molecule has 0 spiro atoms. The minimum atomic E-state index is -4.83. The molecule has 33 heavy (non-hydrogen) atoms. The fourth-order valence-corrected chi connectivity index (χ4v) is 3.85. The number of phosphoric ester groups is 1. The van der Waals surface area contributed by atoms with Gasteiger partial charge < -0.3 is 29.8 Å². The average Bonchev–Trinajstić information content (AvgIpc) is 3.28. The number of nitrogens with zero attached hydrogens (tertiary/aromatic N) is 4. The number of rotatable bonds is 6. The van der Waals surface area contributed by atoms with E-state index < -0.39 is 50.8 Å². The number of hydrogen-bond acceptors (Lipinski definition) is 11. The van der Waals surface area contributed by atoms with Crippen LogP contribution in [0.4, 0.5) is 5.95 Å². The standard InChI is InChI=1S/C17H18N5O9PS/c23-11-8(5-30-32(27,28)29)31-16(12(11)24)22-6-18-10-13(22)19-17(21-15(10)26)20-14(25)7-3-1-2-4-9(7)33/h1-4,6,8,11-12,16,23-24,33H,5H2,(H2,27,28,29)(H2,19,20,21,25,26)/t8-,11-,12-,16-/m1/s1. The van der Waals surface area contributed by atoms with Gasteiger partial charge in [-0.15, -0.1) is 12.6 Å². The van der Waals surface area contributed by atoms with Crippen LogP contribution in [0.5, 0.6) is 5.88 Å². The number of phosphoric acid groups is 1. The van der Waals surface area contributed by atoms with E-state index in [4.69, 9.17) is 14.5 Å². The van der Waals surface area contributed by atoms with Crippen LogP contribution in [0.2, 0.25) is 0 Å². The molecule has 14 nitrogen and oxygen atoms in total. The first-order valence-corrected chi connectivity index (χ1v) is 11.3. The highest BCUT2D eigenvalue weighted by atomic mass is 32.1. The largest absolute Gasteiger partial charge is 0.492 e. The Hall–Kier alpha value is -2.62. The maximum atomic E-state index is 12.5. The van der Waals surface area contributed by atoms with Crippen molar-refractivity contribution in [3.05, 3.63) is 36.2 Å². The predicted octanol–water partition coefficient (Wildman–Crippen LogP) is -0.199. The van der Waals surface area contributed by atoms with Crippen molar-refractivity contribution in [3.63, 3.8) is 0 Å². The Morgan fingerprint density at radius 2 is 1.97 bits per heavy atom. The Balaban J connectivity index is 1.62. The number of ether oxygens (including phenoxy) is 1. The number of anilines is 1. The van der Waals surface area contributed by atoms with E-state index in [1.54, 1.807) is 18.2 Å². The Morgan fingerprint density at radius 1 is 1.24 bits per heavy atom. The molecule has 0 bridgehead atoms. The van der Waals surface area contributed by atoms with Gasteiger partial charge in [0, 0.05) is 4.90 Å². The van der Waals surface area contributed by atoms with Gasteiger partial charge in [0.15, 0.2) is 17.4 Å². The second kappa shape index (κ2) is 8.96. The van der Waals surface area contributed by atoms with Crippen LogP contribution in [0.3, 0.4) is 0 Å². The minimum Gasteiger partial charge on any atom is -0.492 e. The lowest BCUT2D eigenvalue weighted by atomic mass is 10.1. The molecule has 3 aromatic rings. The third-order valence-electron chi connectivity index (χ3n) is 4.80. The molecule has 176 valence electrons. The molecule has 1 saturated heterocycles. The Labute approximate surface area is 190 Å². The quantitative estimate of drug-likeness (QED) is 0.174. The molecule has 16 heteroatoms. The second-order valence-electron chi connectivity index (χ2n) is 7.00. The SMILES string of the molecule is O=C(Nc1nc(O)c2ncn([C@@H]3O[C@H](COP(=O)(O)O)[C@@H](O)[C@H]3O)c2n1)c1ccccc1S. The summed E-state index contributed by atoms with van der Waals surface area (Å²) in [5, 5.41) is 33.3. The molecule has 1 aliphatic rings. The van der Waals surface area contributed by atoms with E-state index in [0.29, 0.717) is 4.90 Å². The van der Waals surface area contributed by atoms with E-state index in [1.165, 1.54) is 10.6 Å². The van der Waals surface area contributed by atoms with Gasteiger partial charge in [-0.1, -0.05) is 12.1 Å². The number of thiol groups is 1. The molecule has 4 atom stereocenters. The predicted molar refractivity (Wildman–Crippen MR) is 113 cm³/mol. The lowest BCUT2D eigenvalue weighted by Gasteiger charge is -2.17. The Morgan fingerprint density at radius 3 is 2.67 bits per heavy atom. The summed E-state index contributed by atoms with van der Waals surface area (Å²) in [6, 6.07) is 6.49. The number of aliphatic hydroxyl groups excluding tert-OH is 2.